The van der Waals surface area contributed by atoms with Crippen molar-refractivity contribution in [3.8, 4) is 11.5 Å². The maximum atomic E-state index is 12.0. The molecule has 0 saturated heterocycles. The number of rotatable bonds is 8. The Morgan fingerprint density at radius 1 is 1.20 bits per heavy atom. The molecule has 20 heavy (non-hydrogen) atoms. The van der Waals surface area contributed by atoms with Gasteiger partial charge in [-0.2, -0.15) is 0 Å². The Morgan fingerprint density at radius 3 is 2.50 bits per heavy atom. The molecule has 0 aliphatic rings. The summed E-state index contributed by atoms with van der Waals surface area (Å²) in [6, 6.07) is 5.09. The predicted octanol–water partition coefficient (Wildman–Crippen LogP) is 2.25. The third-order valence-corrected chi connectivity index (χ3v) is 2.70. The van der Waals surface area contributed by atoms with E-state index in [2.05, 4.69) is 5.32 Å². The van der Waals surface area contributed by atoms with Crippen molar-refractivity contribution in [2.75, 3.05) is 27.4 Å². The lowest BCUT2D eigenvalue weighted by Crippen LogP contribution is -2.25. The quantitative estimate of drug-likeness (QED) is 0.743. The van der Waals surface area contributed by atoms with Crippen molar-refractivity contribution in [2.45, 2.75) is 26.4 Å². The van der Waals surface area contributed by atoms with Crippen LogP contribution in [-0.4, -0.2) is 39.4 Å². The zero-order chi connectivity index (χ0) is 15.0. The minimum absolute atomic E-state index is 0.129. The van der Waals surface area contributed by atoms with Crippen LogP contribution < -0.4 is 14.8 Å². The van der Waals surface area contributed by atoms with Gasteiger partial charge in [0.05, 0.1) is 20.3 Å². The lowest BCUT2D eigenvalue weighted by Gasteiger charge is -2.10. The van der Waals surface area contributed by atoms with E-state index in [4.69, 9.17) is 14.2 Å². The molecule has 0 aromatic heterocycles. The number of methoxy groups -OCH3 is 2. The Morgan fingerprint density at radius 2 is 1.90 bits per heavy atom. The summed E-state index contributed by atoms with van der Waals surface area (Å²) in [6.07, 6.45) is 1.01. The zero-order valence-electron chi connectivity index (χ0n) is 12.6. The van der Waals surface area contributed by atoms with Crippen LogP contribution in [0.1, 0.15) is 30.6 Å². The highest BCUT2D eigenvalue weighted by Gasteiger charge is 2.10. The van der Waals surface area contributed by atoms with Gasteiger partial charge in [0.25, 0.3) is 5.91 Å². The second-order valence-electron chi connectivity index (χ2n) is 4.60. The van der Waals surface area contributed by atoms with E-state index < -0.39 is 0 Å². The molecule has 0 atom stereocenters. The Kier molecular flexibility index (Phi) is 6.87. The zero-order valence-corrected chi connectivity index (χ0v) is 12.6. The van der Waals surface area contributed by atoms with Crippen molar-refractivity contribution < 1.29 is 19.0 Å². The minimum atomic E-state index is -0.129. The standard InChI is InChI=1S/C15H23NO4/c1-11(2)20-9-5-8-16-15(17)12-6-7-13(18-3)14(10-12)19-4/h6-7,10-11H,5,8-9H2,1-4H3,(H,16,17). The molecule has 1 amide bonds. The molecule has 1 rings (SSSR count). The largest absolute Gasteiger partial charge is 0.493 e. The molecule has 5 heteroatoms. The Bertz CT molecular complexity index is 432. The summed E-state index contributed by atoms with van der Waals surface area (Å²) in [5.74, 6) is 1.02. The molecule has 1 aromatic carbocycles. The molecular formula is C15H23NO4. The number of nitrogens with one attached hydrogen (secondary N) is 1. The van der Waals surface area contributed by atoms with Gasteiger partial charge in [-0.05, 0) is 38.5 Å². The van der Waals surface area contributed by atoms with Crippen molar-refractivity contribution in [3.05, 3.63) is 23.8 Å². The van der Waals surface area contributed by atoms with Crippen molar-refractivity contribution in [1.29, 1.82) is 0 Å². The number of hydrogen-bond acceptors (Lipinski definition) is 4. The van der Waals surface area contributed by atoms with Crippen LogP contribution in [0.5, 0.6) is 11.5 Å². The first-order chi connectivity index (χ1) is 9.58. The van der Waals surface area contributed by atoms with Crippen molar-refractivity contribution in [2.24, 2.45) is 0 Å². The number of amides is 1. The van der Waals surface area contributed by atoms with Crippen LogP contribution in [0.4, 0.5) is 0 Å². The molecule has 0 aliphatic heterocycles. The van der Waals surface area contributed by atoms with Crippen LogP contribution in [0.25, 0.3) is 0 Å². The summed E-state index contributed by atoms with van der Waals surface area (Å²) in [6.45, 7) is 5.20. The Balaban J connectivity index is 2.47. The molecule has 0 saturated carbocycles. The van der Waals surface area contributed by atoms with E-state index in [1.807, 2.05) is 13.8 Å². The van der Waals surface area contributed by atoms with E-state index in [1.54, 1.807) is 32.4 Å². The van der Waals surface area contributed by atoms with Crippen molar-refractivity contribution >= 4 is 5.91 Å². The van der Waals surface area contributed by atoms with E-state index in [9.17, 15) is 4.79 Å². The average molecular weight is 281 g/mol. The maximum Gasteiger partial charge on any atom is 0.251 e. The lowest BCUT2D eigenvalue weighted by atomic mass is 10.2. The van der Waals surface area contributed by atoms with Crippen LogP contribution in [0.2, 0.25) is 0 Å². The summed E-state index contributed by atoms with van der Waals surface area (Å²) in [4.78, 5) is 12.0. The van der Waals surface area contributed by atoms with E-state index in [0.29, 0.717) is 30.2 Å². The first kappa shape index (κ1) is 16.3. The van der Waals surface area contributed by atoms with Crippen LogP contribution in [0.15, 0.2) is 18.2 Å². The molecule has 112 valence electrons. The van der Waals surface area contributed by atoms with E-state index >= 15 is 0 Å². The molecular weight excluding hydrogens is 258 g/mol. The molecule has 5 nitrogen and oxygen atoms in total. The van der Waals surface area contributed by atoms with E-state index in [1.165, 1.54) is 0 Å². The Hall–Kier alpha value is -1.75. The number of benzene rings is 1. The molecule has 0 heterocycles. The van der Waals surface area contributed by atoms with Crippen LogP contribution in [0.3, 0.4) is 0 Å². The third kappa shape index (κ3) is 5.09. The molecule has 0 radical (unpaired) electrons. The van der Waals surface area contributed by atoms with Gasteiger partial charge >= 0.3 is 0 Å². The van der Waals surface area contributed by atoms with E-state index in [-0.39, 0.29) is 12.0 Å². The van der Waals surface area contributed by atoms with Gasteiger partial charge in [0.15, 0.2) is 11.5 Å². The molecule has 1 aromatic rings. The molecule has 0 unspecified atom stereocenters. The first-order valence-electron chi connectivity index (χ1n) is 6.70. The molecule has 1 N–H and O–H groups in total. The maximum absolute atomic E-state index is 12.0. The van der Waals surface area contributed by atoms with Gasteiger partial charge < -0.3 is 19.5 Å². The van der Waals surface area contributed by atoms with Gasteiger partial charge in [0.1, 0.15) is 0 Å². The second kappa shape index (κ2) is 8.43. The fourth-order valence-corrected chi connectivity index (χ4v) is 1.67. The molecule has 0 spiro atoms. The second-order valence-corrected chi connectivity index (χ2v) is 4.60. The number of carbonyl (C=O) groups excluding carboxylic acids is 1. The smallest absolute Gasteiger partial charge is 0.251 e. The highest BCUT2D eigenvalue weighted by atomic mass is 16.5. The monoisotopic (exact) mass is 281 g/mol. The van der Waals surface area contributed by atoms with Gasteiger partial charge in [-0.25, -0.2) is 0 Å². The summed E-state index contributed by atoms with van der Waals surface area (Å²) >= 11 is 0. The summed E-state index contributed by atoms with van der Waals surface area (Å²) < 4.78 is 15.7. The molecule has 0 aliphatic carbocycles. The van der Waals surface area contributed by atoms with Gasteiger partial charge in [-0.1, -0.05) is 0 Å². The van der Waals surface area contributed by atoms with Crippen molar-refractivity contribution in [3.63, 3.8) is 0 Å². The van der Waals surface area contributed by atoms with Crippen LogP contribution in [0, 0.1) is 0 Å². The SMILES string of the molecule is COc1ccc(C(=O)NCCCOC(C)C)cc1OC. The van der Waals surface area contributed by atoms with E-state index in [0.717, 1.165) is 6.42 Å². The number of carbonyl (C=O) groups is 1. The normalized spacial score (nSPS) is 10.4. The first-order valence-corrected chi connectivity index (χ1v) is 6.70. The van der Waals surface area contributed by atoms with Gasteiger partial charge in [-0.15, -0.1) is 0 Å². The minimum Gasteiger partial charge on any atom is -0.493 e. The summed E-state index contributed by atoms with van der Waals surface area (Å²) in [5, 5.41) is 2.85. The summed E-state index contributed by atoms with van der Waals surface area (Å²) in [5.41, 5.74) is 0.549. The Labute approximate surface area is 120 Å². The number of hydrogen-bond donors (Lipinski definition) is 1. The molecule has 0 fully saturated rings. The van der Waals surface area contributed by atoms with Crippen LogP contribution in [-0.2, 0) is 4.74 Å². The highest BCUT2D eigenvalue weighted by molar-refractivity contribution is 5.94. The average Bonchev–Trinajstić information content (AvgIpc) is 2.45. The van der Waals surface area contributed by atoms with Crippen molar-refractivity contribution in [1.82, 2.24) is 5.32 Å². The van der Waals surface area contributed by atoms with Gasteiger partial charge in [0, 0.05) is 18.7 Å². The third-order valence-electron chi connectivity index (χ3n) is 2.70. The van der Waals surface area contributed by atoms with Gasteiger partial charge in [-0.3, -0.25) is 4.79 Å². The summed E-state index contributed by atoms with van der Waals surface area (Å²) in [7, 11) is 3.11. The lowest BCUT2D eigenvalue weighted by molar-refractivity contribution is 0.0757. The fraction of sp³-hybridized carbons (Fsp3) is 0.533. The number of ether oxygens (including phenoxy) is 3. The topological polar surface area (TPSA) is 56.8 Å². The fourth-order valence-electron chi connectivity index (χ4n) is 1.67. The molecule has 0 bridgehead atoms. The predicted molar refractivity (Wildman–Crippen MR) is 77.6 cm³/mol. The highest BCUT2D eigenvalue weighted by Crippen LogP contribution is 2.27. The van der Waals surface area contributed by atoms with Gasteiger partial charge in [0.2, 0.25) is 0 Å². The van der Waals surface area contributed by atoms with Crippen LogP contribution >= 0.6 is 0 Å².